The van der Waals surface area contributed by atoms with Gasteiger partial charge in [0.1, 0.15) is 47.8 Å². The standard InChI is InChI=1S/2C22H29O4PS.C8H16N2O4.2C3H4N2/c2*1-13-9-15(21(3,4)5)19-17(11-13)28-18-12-14(2)10-16(22(6,7)8)20(18)26-27(23,24)25-19;1-5(2)13-7(11)9-10-8(12)14-6(3)4;2*1-2-5-3-4-1/h2*9-12H,1-8H3,(H,23,24);5-6H,1-4H3,(H,9,11)(H,10,12);2*1-3H,(H,4,5). The van der Waals surface area contributed by atoms with Crippen LogP contribution in [0.4, 0.5) is 9.59 Å². The summed E-state index contributed by atoms with van der Waals surface area (Å²) in [6, 6.07) is 15.8. The number of carbonyl (C=O) groups is 2. The molecule has 2 aliphatic heterocycles. The topological polar surface area (TPSA) is 254 Å². The molecule has 0 aliphatic carbocycles. The van der Waals surface area contributed by atoms with E-state index in [1.165, 1.54) is 23.5 Å². The number of phosphoric acid groups is 2. The summed E-state index contributed by atoms with van der Waals surface area (Å²) < 4.78 is 57.3. The second-order valence-electron chi connectivity index (χ2n) is 23.8. The molecule has 4 aromatic carbocycles. The lowest BCUT2D eigenvalue weighted by atomic mass is 9.85. The highest BCUT2D eigenvalue weighted by Gasteiger charge is 2.34. The van der Waals surface area contributed by atoms with Crippen LogP contribution in [0.25, 0.3) is 0 Å². The molecule has 0 spiro atoms. The fraction of sp³-hybridized carbons (Fsp3) is 0.448. The number of aromatic nitrogens is 4. The maximum atomic E-state index is 12.9. The predicted molar refractivity (Wildman–Crippen MR) is 310 cm³/mol. The summed E-state index contributed by atoms with van der Waals surface area (Å²) in [5, 5.41) is 0. The van der Waals surface area contributed by atoms with E-state index in [2.05, 4.69) is 29.4 Å². The molecule has 22 heteroatoms. The van der Waals surface area contributed by atoms with E-state index in [0.29, 0.717) is 23.0 Å². The minimum atomic E-state index is -4.61. The monoisotopic (exact) mass is 1180 g/mol. The summed E-state index contributed by atoms with van der Waals surface area (Å²) in [6.07, 6.45) is 8.86. The van der Waals surface area contributed by atoms with Gasteiger partial charge in [-0.15, -0.1) is 0 Å². The number of ether oxygens (including phenoxy) is 2. The van der Waals surface area contributed by atoms with Gasteiger partial charge in [0, 0.05) is 22.3 Å². The van der Waals surface area contributed by atoms with Gasteiger partial charge in [0.2, 0.25) is 12.7 Å². The molecule has 0 saturated carbocycles. The summed E-state index contributed by atoms with van der Waals surface area (Å²) >= 11 is 2.99. The van der Waals surface area contributed by atoms with Gasteiger partial charge in [-0.1, -0.05) is 131 Å². The maximum Gasteiger partial charge on any atom is 0.426 e. The van der Waals surface area contributed by atoms with Crippen LogP contribution in [0, 0.1) is 27.7 Å². The van der Waals surface area contributed by atoms with Gasteiger partial charge in [-0.25, -0.2) is 29.6 Å². The minimum Gasteiger partial charge on any atom is -0.736 e. The molecule has 0 bridgehead atoms. The molecule has 6 aromatic rings. The predicted octanol–water partition coefficient (Wildman–Crippen LogP) is 13.4. The van der Waals surface area contributed by atoms with Crippen molar-refractivity contribution in [1.82, 2.24) is 20.8 Å². The van der Waals surface area contributed by atoms with Crippen molar-refractivity contribution in [3.63, 3.8) is 0 Å². The molecule has 0 fully saturated rings. The summed E-state index contributed by atoms with van der Waals surface area (Å²) in [5.41, 5.74) is 10.6. The number of carbonyl (C=O) groups excluding carboxylic acids is 2. The number of aromatic amines is 4. The third-order valence-electron chi connectivity index (χ3n) is 11.1. The first-order chi connectivity index (χ1) is 36.8. The highest BCUT2D eigenvalue weighted by molar-refractivity contribution is 8.00. The molecule has 6 N–H and O–H groups in total. The second kappa shape index (κ2) is 27.3. The number of nitrogens with one attached hydrogen (secondary N) is 6. The number of imidazole rings is 2. The van der Waals surface area contributed by atoms with Gasteiger partial charge in [0.25, 0.3) is 0 Å². The van der Waals surface area contributed by atoms with Crippen molar-refractivity contribution in [2.24, 2.45) is 0 Å². The van der Waals surface area contributed by atoms with Crippen molar-refractivity contribution < 1.29 is 66.0 Å². The summed E-state index contributed by atoms with van der Waals surface area (Å²) in [5.74, 6) is 1.47. The van der Waals surface area contributed by atoms with E-state index in [9.17, 15) is 28.5 Å². The van der Waals surface area contributed by atoms with E-state index in [0.717, 1.165) is 64.1 Å². The Morgan fingerprint density at radius 2 is 0.725 bits per heavy atom. The average molecular weight is 1180 g/mol. The van der Waals surface area contributed by atoms with E-state index < -0.39 is 27.8 Å². The lowest BCUT2D eigenvalue weighted by Crippen LogP contribution is -2.43. The molecule has 0 atom stereocenters. The first-order valence-electron chi connectivity index (χ1n) is 26.0. The lowest BCUT2D eigenvalue weighted by molar-refractivity contribution is -0.376. The van der Waals surface area contributed by atoms with Crippen molar-refractivity contribution in [1.29, 1.82) is 0 Å². The zero-order chi connectivity index (χ0) is 60.3. The van der Waals surface area contributed by atoms with Gasteiger partial charge < -0.3 is 37.4 Å². The average Bonchev–Trinajstić information content (AvgIpc) is 4.08. The van der Waals surface area contributed by atoms with Gasteiger partial charge in [0.15, 0.2) is 0 Å². The quantitative estimate of drug-likeness (QED) is 0.0929. The number of hydrogen-bond acceptors (Lipinski definition) is 14. The van der Waals surface area contributed by atoms with Crippen LogP contribution in [0.5, 0.6) is 23.0 Å². The Hall–Kier alpha value is -5.88. The number of H-pyrrole nitrogens is 4. The van der Waals surface area contributed by atoms with Crippen LogP contribution in [0.2, 0.25) is 0 Å². The van der Waals surface area contributed by atoms with E-state index in [1.807, 2.05) is 195 Å². The SMILES string of the molecule is CC(C)OC(=O)NNC(=O)OC(C)C.Cc1cc2c(c(C(C)(C)C)c1)OP(=O)([O-])Oc1c(cc(C)cc1C(C)(C)C)S2.Cc1cc2c(c(C(C)(C)C)c1)OP(=O)([O-])Oc1c(cc(C)cc1C(C)(C)C)S2.c1c[nH+]c[nH]1.c1c[nH+]c[nH]1. The van der Waals surface area contributed by atoms with E-state index in [1.54, 1.807) is 40.3 Å². The van der Waals surface area contributed by atoms with Crippen LogP contribution in [-0.4, -0.2) is 34.4 Å². The summed E-state index contributed by atoms with van der Waals surface area (Å²) in [6.45, 7) is 39.4. The highest BCUT2D eigenvalue weighted by Crippen LogP contribution is 2.58. The van der Waals surface area contributed by atoms with Gasteiger partial charge in [-0.3, -0.25) is 19.9 Å². The van der Waals surface area contributed by atoms with Crippen LogP contribution in [0.1, 0.15) is 155 Å². The lowest BCUT2D eigenvalue weighted by Gasteiger charge is -2.34. The number of amides is 2. The Kier molecular flexibility index (Phi) is 22.7. The number of rotatable bonds is 2. The zero-order valence-electron chi connectivity index (χ0n) is 49.8. The van der Waals surface area contributed by atoms with Crippen LogP contribution in [-0.2, 0) is 40.3 Å². The van der Waals surface area contributed by atoms with Gasteiger partial charge >= 0.3 is 27.8 Å². The Morgan fingerprint density at radius 3 is 0.887 bits per heavy atom. The minimum absolute atomic E-state index is 0.238. The number of fused-ring (bicyclic) bond motifs is 4. The highest BCUT2D eigenvalue weighted by atomic mass is 32.2. The van der Waals surface area contributed by atoms with Crippen molar-refractivity contribution in [3.8, 4) is 23.0 Å². The first-order valence-corrected chi connectivity index (χ1v) is 30.6. The van der Waals surface area contributed by atoms with E-state index in [4.69, 9.17) is 18.1 Å². The number of hydrazine groups is 1. The first kappa shape index (κ1) is 66.6. The molecule has 80 heavy (non-hydrogen) atoms. The van der Waals surface area contributed by atoms with Crippen molar-refractivity contribution in [3.05, 3.63) is 130 Å². The number of aryl methyl sites for hydroxylation is 4. The van der Waals surface area contributed by atoms with Gasteiger partial charge in [-0.2, -0.15) is 0 Å². The Labute approximate surface area is 481 Å². The zero-order valence-corrected chi connectivity index (χ0v) is 53.3. The Bertz CT molecular complexity index is 2750. The Morgan fingerprint density at radius 1 is 0.487 bits per heavy atom. The van der Waals surface area contributed by atoms with Crippen LogP contribution in [0.3, 0.4) is 0 Å². The normalized spacial score (nSPS) is 14.1. The van der Waals surface area contributed by atoms with Crippen molar-refractivity contribution >= 4 is 51.4 Å². The molecule has 4 heterocycles. The van der Waals surface area contributed by atoms with E-state index in [-0.39, 0.29) is 33.9 Å². The van der Waals surface area contributed by atoms with E-state index >= 15 is 0 Å². The molecule has 2 aromatic heterocycles. The van der Waals surface area contributed by atoms with Crippen molar-refractivity contribution in [2.45, 2.75) is 192 Å². The smallest absolute Gasteiger partial charge is 0.426 e. The van der Waals surface area contributed by atoms with Crippen LogP contribution in [0.15, 0.2) is 106 Å². The largest absolute Gasteiger partial charge is 0.736 e. The number of hydrogen-bond donors (Lipinski definition) is 4. The Balaban J connectivity index is 0.000000246. The molecule has 438 valence electrons. The van der Waals surface area contributed by atoms with Gasteiger partial charge in [-0.05, 0) is 124 Å². The molecule has 0 radical (unpaired) electrons. The summed E-state index contributed by atoms with van der Waals surface area (Å²) in [4.78, 5) is 61.8. The number of benzene rings is 4. The van der Waals surface area contributed by atoms with Gasteiger partial charge in [0.05, 0.1) is 31.8 Å². The third-order valence-corrected chi connectivity index (χ3v) is 14.8. The fourth-order valence-corrected chi connectivity index (χ4v) is 12.1. The summed E-state index contributed by atoms with van der Waals surface area (Å²) in [7, 11) is -9.22. The molecule has 18 nitrogen and oxygen atoms in total. The van der Waals surface area contributed by atoms with Crippen LogP contribution < -0.4 is 48.7 Å². The van der Waals surface area contributed by atoms with Crippen molar-refractivity contribution in [2.75, 3.05) is 0 Å². The van der Waals surface area contributed by atoms with Crippen LogP contribution >= 0.6 is 39.2 Å². The fourth-order valence-electron chi connectivity index (χ4n) is 7.66. The maximum absolute atomic E-state index is 12.9. The molecule has 0 saturated heterocycles. The third kappa shape index (κ3) is 20.6. The molecular weight excluding hydrogens is 1100 g/mol. The molecular formula is C58H82N6O12P2S2. The molecule has 0 unspecified atom stereocenters. The molecule has 2 aliphatic rings. The second-order valence-corrected chi connectivity index (χ2v) is 28.5. The molecule has 8 rings (SSSR count). The molecule has 2 amide bonds. The number of phosphoric ester groups is 2.